The molecule has 0 aliphatic carbocycles. The van der Waals surface area contributed by atoms with Gasteiger partial charge >= 0.3 is 23.9 Å². The highest BCUT2D eigenvalue weighted by Crippen LogP contribution is 2.19. The summed E-state index contributed by atoms with van der Waals surface area (Å²) in [5.74, 6) is -7.03. The van der Waals surface area contributed by atoms with E-state index in [0.717, 1.165) is 77.0 Å². The van der Waals surface area contributed by atoms with Crippen LogP contribution in [0.5, 0.6) is 0 Å². The summed E-state index contributed by atoms with van der Waals surface area (Å²) in [5.41, 5.74) is 17.3. The van der Waals surface area contributed by atoms with Gasteiger partial charge in [-0.1, -0.05) is 194 Å². The van der Waals surface area contributed by atoms with Gasteiger partial charge in [-0.2, -0.15) is 0 Å². The van der Waals surface area contributed by atoms with Gasteiger partial charge < -0.3 is 43.4 Å². The Labute approximate surface area is 470 Å². The van der Waals surface area contributed by atoms with Gasteiger partial charge in [-0.3, -0.25) is 19.2 Å². The van der Waals surface area contributed by atoms with Crippen molar-refractivity contribution >= 4 is 47.5 Å². The standard InChI is InChI=1S/2C18H35NO.C10H6O8.2C8H17NO/c2*1-2-3-4-5-6-7-8-9-10-11-12-13-14-15-16-17-18(19)20;11-7(12)3-1-4(8(13)14)6(10(17)18)2-5(3)9(15)16;2*1-3-5-6-7(4-2)8(9)10/h2*9-10H,2-8,11-17H2,1H3,(H2,19,20);1-2H,(H,11,12)(H,13,14)(H,15,16)(H,17,18);2*7H,3-6H2,1-2H3,(H2,9,10)/b2*10-9-;;;. The van der Waals surface area contributed by atoms with Gasteiger partial charge in [0.15, 0.2) is 0 Å². The van der Waals surface area contributed by atoms with Gasteiger partial charge in [-0.15, -0.1) is 0 Å². The van der Waals surface area contributed by atoms with Crippen molar-refractivity contribution in [3.63, 3.8) is 0 Å². The lowest BCUT2D eigenvalue weighted by molar-refractivity contribution is -0.122. The van der Waals surface area contributed by atoms with Crippen LogP contribution in [0.15, 0.2) is 36.4 Å². The molecule has 1 aromatic rings. The van der Waals surface area contributed by atoms with Gasteiger partial charge in [0.2, 0.25) is 23.6 Å². The van der Waals surface area contributed by atoms with E-state index in [1.54, 1.807) is 0 Å². The predicted molar refractivity (Wildman–Crippen MR) is 317 cm³/mol. The lowest BCUT2D eigenvalue weighted by Gasteiger charge is -2.08. The first-order chi connectivity index (χ1) is 37.2. The van der Waals surface area contributed by atoms with E-state index in [1.165, 1.54) is 141 Å². The van der Waals surface area contributed by atoms with E-state index in [4.69, 9.17) is 43.4 Å². The molecule has 0 fully saturated rings. The summed E-state index contributed by atoms with van der Waals surface area (Å²) in [6.07, 6.45) is 52.0. The summed E-state index contributed by atoms with van der Waals surface area (Å²) in [7, 11) is 0. The zero-order chi connectivity index (χ0) is 59.8. The molecule has 0 radical (unpaired) electrons. The molecular weight excluding hydrogens is 993 g/mol. The van der Waals surface area contributed by atoms with Crippen molar-refractivity contribution in [2.45, 2.75) is 273 Å². The average Bonchev–Trinajstić information content (AvgIpc) is 3.39. The highest BCUT2D eigenvalue weighted by atomic mass is 16.4. The topological polar surface area (TPSA) is 322 Å². The van der Waals surface area contributed by atoms with E-state index in [9.17, 15) is 38.4 Å². The first kappa shape index (κ1) is 78.9. The van der Waals surface area contributed by atoms with E-state index >= 15 is 0 Å². The molecule has 12 N–H and O–H groups in total. The second-order valence-electron chi connectivity index (χ2n) is 20.1. The van der Waals surface area contributed by atoms with E-state index in [2.05, 4.69) is 52.0 Å². The molecule has 2 atom stereocenters. The van der Waals surface area contributed by atoms with Crippen molar-refractivity contribution < 1.29 is 58.8 Å². The number of hydrogen-bond acceptors (Lipinski definition) is 8. The molecule has 0 aromatic heterocycles. The molecule has 78 heavy (non-hydrogen) atoms. The number of hydrogen-bond donors (Lipinski definition) is 8. The predicted octanol–water partition coefficient (Wildman–Crippen LogP) is 14.9. The summed E-state index contributed by atoms with van der Waals surface area (Å²) in [5, 5.41) is 35.0. The van der Waals surface area contributed by atoms with E-state index in [-0.39, 0.29) is 35.5 Å². The monoisotopic (exact) mass is 1100 g/mol. The number of rotatable bonds is 44. The molecule has 0 aliphatic rings. The van der Waals surface area contributed by atoms with E-state index < -0.39 is 46.1 Å². The minimum Gasteiger partial charge on any atom is -0.478 e. The number of aromatic carboxylic acids is 4. The third-order valence-electron chi connectivity index (χ3n) is 13.1. The van der Waals surface area contributed by atoms with Crippen molar-refractivity contribution in [1.82, 2.24) is 0 Å². The molecule has 2 unspecified atom stereocenters. The van der Waals surface area contributed by atoms with Gasteiger partial charge in [-0.05, 0) is 102 Å². The Hall–Kier alpha value is -5.54. The van der Waals surface area contributed by atoms with Crippen LogP contribution in [0.1, 0.15) is 314 Å². The molecule has 0 spiro atoms. The van der Waals surface area contributed by atoms with Crippen LogP contribution in [0, 0.1) is 11.8 Å². The molecule has 450 valence electrons. The third-order valence-corrected chi connectivity index (χ3v) is 13.1. The summed E-state index contributed by atoms with van der Waals surface area (Å²) in [4.78, 5) is 85.5. The van der Waals surface area contributed by atoms with Crippen LogP contribution in [0.4, 0.5) is 0 Å². The van der Waals surface area contributed by atoms with Gasteiger partial charge in [0.1, 0.15) is 0 Å². The minimum atomic E-state index is -1.66. The zero-order valence-corrected chi connectivity index (χ0v) is 49.4. The molecule has 0 aliphatic heterocycles. The number of primary amides is 4. The van der Waals surface area contributed by atoms with Crippen LogP contribution in [0.25, 0.3) is 0 Å². The molecule has 0 saturated heterocycles. The fourth-order valence-electron chi connectivity index (χ4n) is 8.04. The van der Waals surface area contributed by atoms with Crippen molar-refractivity contribution in [3.8, 4) is 0 Å². The first-order valence-corrected chi connectivity index (χ1v) is 29.8. The molecule has 16 nitrogen and oxygen atoms in total. The Balaban J connectivity index is -0.000000451. The van der Waals surface area contributed by atoms with Crippen molar-refractivity contribution in [1.29, 1.82) is 0 Å². The van der Waals surface area contributed by atoms with Gasteiger partial charge in [0, 0.05) is 24.7 Å². The van der Waals surface area contributed by atoms with Crippen LogP contribution in [-0.2, 0) is 19.2 Å². The molecular formula is C62H110N4O12. The first-order valence-electron chi connectivity index (χ1n) is 29.8. The van der Waals surface area contributed by atoms with Crippen LogP contribution in [0.3, 0.4) is 0 Å². The van der Waals surface area contributed by atoms with Gasteiger partial charge in [0.25, 0.3) is 0 Å². The lowest BCUT2D eigenvalue weighted by Crippen LogP contribution is -2.22. The fraction of sp³-hybridized carbons (Fsp3) is 0.710. The lowest BCUT2D eigenvalue weighted by atomic mass is 9.98. The number of carbonyl (C=O) groups excluding carboxylic acids is 4. The van der Waals surface area contributed by atoms with Crippen LogP contribution < -0.4 is 22.9 Å². The minimum absolute atomic E-state index is 0.111. The van der Waals surface area contributed by atoms with E-state index in [1.807, 2.05) is 13.8 Å². The maximum atomic E-state index is 10.8. The number of unbranched alkanes of at least 4 members (excludes halogenated alkanes) is 24. The number of allylic oxidation sites excluding steroid dienone is 4. The molecule has 1 aromatic carbocycles. The van der Waals surface area contributed by atoms with Gasteiger partial charge in [0.05, 0.1) is 22.3 Å². The molecule has 4 amide bonds. The van der Waals surface area contributed by atoms with Crippen molar-refractivity contribution in [2.24, 2.45) is 34.8 Å². The summed E-state index contributed by atoms with van der Waals surface area (Å²) in [6.45, 7) is 12.8. The average molecular weight is 1100 g/mol. The smallest absolute Gasteiger partial charge is 0.336 e. The number of amides is 4. The Morgan fingerprint density at radius 2 is 0.564 bits per heavy atom. The van der Waals surface area contributed by atoms with Crippen LogP contribution in [0.2, 0.25) is 0 Å². The Kier molecular flexibility index (Phi) is 58.3. The molecule has 16 heteroatoms. The molecule has 0 bridgehead atoms. The maximum absolute atomic E-state index is 10.8. The van der Waals surface area contributed by atoms with E-state index in [0.29, 0.717) is 25.0 Å². The maximum Gasteiger partial charge on any atom is 0.336 e. The highest BCUT2D eigenvalue weighted by Gasteiger charge is 2.25. The third kappa shape index (κ3) is 52.5. The number of nitrogens with two attached hydrogens (primary N) is 4. The largest absolute Gasteiger partial charge is 0.478 e. The SMILES string of the molecule is CCCCC(CC)C(N)=O.CCCCC(CC)C(N)=O.CCCCCCCC/C=C\CCCCCCCC(N)=O.CCCCCCCC/C=C\CCCCCCCC(N)=O.O=C(O)c1cc(C(=O)O)c(C(=O)O)cc1C(=O)O. The van der Waals surface area contributed by atoms with Gasteiger partial charge in [-0.25, -0.2) is 19.2 Å². The second kappa shape index (κ2) is 57.6. The normalized spacial score (nSPS) is 11.4. The summed E-state index contributed by atoms with van der Waals surface area (Å²) in [6, 6.07) is 1.02. The second-order valence-corrected chi connectivity index (χ2v) is 20.1. The highest BCUT2D eigenvalue weighted by molar-refractivity contribution is 6.09. The van der Waals surface area contributed by atoms with Crippen LogP contribution in [-0.4, -0.2) is 67.9 Å². The van der Waals surface area contributed by atoms with Crippen molar-refractivity contribution in [3.05, 3.63) is 58.7 Å². The Morgan fingerprint density at radius 1 is 0.346 bits per heavy atom. The molecule has 0 heterocycles. The Morgan fingerprint density at radius 3 is 0.756 bits per heavy atom. The molecule has 1 rings (SSSR count). The number of carboxylic acids is 4. The fourth-order valence-corrected chi connectivity index (χ4v) is 8.04. The Bertz CT molecular complexity index is 1620. The number of benzene rings is 1. The van der Waals surface area contributed by atoms with Crippen molar-refractivity contribution in [2.75, 3.05) is 0 Å². The summed E-state index contributed by atoms with van der Waals surface area (Å²) >= 11 is 0. The van der Waals surface area contributed by atoms with Crippen LogP contribution >= 0.6 is 0 Å². The quantitative estimate of drug-likeness (QED) is 0.0223. The zero-order valence-electron chi connectivity index (χ0n) is 49.4. The number of carboxylic acid groups (broad SMARTS) is 4. The molecule has 0 saturated carbocycles. The number of carbonyl (C=O) groups is 8. The summed E-state index contributed by atoms with van der Waals surface area (Å²) < 4.78 is 0.